The molecule has 0 radical (unpaired) electrons. The number of nitrogens with one attached hydrogen (secondary N) is 1. The van der Waals surface area contributed by atoms with Crippen molar-refractivity contribution < 1.29 is 4.74 Å². The van der Waals surface area contributed by atoms with Crippen LogP contribution in [0.1, 0.15) is 25.7 Å². The van der Waals surface area contributed by atoms with Crippen LogP contribution in [-0.4, -0.2) is 25.3 Å². The molecule has 0 aromatic heterocycles. The summed E-state index contributed by atoms with van der Waals surface area (Å²) in [4.78, 5) is 0. The Morgan fingerprint density at radius 3 is 3.10 bits per heavy atom. The quantitative estimate of drug-likeness (QED) is 0.541. The number of hydrogen-bond acceptors (Lipinski definition) is 2. The van der Waals surface area contributed by atoms with Gasteiger partial charge in [-0.05, 0) is 32.2 Å². The highest BCUT2D eigenvalue weighted by Gasteiger charge is 2.27. The second kappa shape index (κ2) is 2.89. The van der Waals surface area contributed by atoms with Crippen LogP contribution in [0.4, 0.5) is 0 Å². The highest BCUT2D eigenvalue weighted by atomic mass is 16.5. The van der Waals surface area contributed by atoms with Crippen molar-refractivity contribution in [2.75, 3.05) is 13.2 Å². The van der Waals surface area contributed by atoms with Gasteiger partial charge < -0.3 is 10.1 Å². The Morgan fingerprint density at radius 2 is 2.20 bits per heavy atom. The Kier molecular flexibility index (Phi) is 1.91. The molecule has 2 aliphatic rings. The van der Waals surface area contributed by atoms with Crippen molar-refractivity contribution in [3.05, 3.63) is 0 Å². The normalized spacial score (nSPS) is 40.8. The summed E-state index contributed by atoms with van der Waals surface area (Å²) in [6.07, 6.45) is 5.68. The molecule has 0 spiro atoms. The summed E-state index contributed by atoms with van der Waals surface area (Å²) in [6, 6.07) is 0.683. The third kappa shape index (κ3) is 1.18. The lowest BCUT2D eigenvalue weighted by atomic mass is 9.95. The highest BCUT2D eigenvalue weighted by Crippen LogP contribution is 2.20. The van der Waals surface area contributed by atoms with Crippen LogP contribution in [0.25, 0.3) is 0 Å². The lowest BCUT2D eigenvalue weighted by Crippen LogP contribution is -2.48. The van der Waals surface area contributed by atoms with Crippen LogP contribution < -0.4 is 5.32 Å². The Hall–Kier alpha value is -0.0800. The van der Waals surface area contributed by atoms with Crippen molar-refractivity contribution >= 4 is 0 Å². The van der Waals surface area contributed by atoms with Crippen LogP contribution in [0.5, 0.6) is 0 Å². The maximum atomic E-state index is 5.62. The van der Waals surface area contributed by atoms with Gasteiger partial charge in [0.05, 0.1) is 6.10 Å². The first-order valence-electron chi connectivity index (χ1n) is 4.32. The molecule has 0 unspecified atom stereocenters. The number of rotatable bonds is 0. The lowest BCUT2D eigenvalue weighted by molar-refractivity contribution is -0.0254. The topological polar surface area (TPSA) is 21.3 Å². The highest BCUT2D eigenvalue weighted by molar-refractivity contribution is 4.84. The molecule has 2 heteroatoms. The van der Waals surface area contributed by atoms with Gasteiger partial charge in [0.2, 0.25) is 0 Å². The van der Waals surface area contributed by atoms with Gasteiger partial charge in [0.25, 0.3) is 0 Å². The van der Waals surface area contributed by atoms with Gasteiger partial charge in [-0.25, -0.2) is 0 Å². The van der Waals surface area contributed by atoms with Crippen LogP contribution in [-0.2, 0) is 4.74 Å². The van der Waals surface area contributed by atoms with Crippen LogP contribution in [0, 0.1) is 0 Å². The van der Waals surface area contributed by atoms with E-state index in [1.807, 2.05) is 0 Å². The van der Waals surface area contributed by atoms with Crippen LogP contribution in [0.3, 0.4) is 0 Å². The Labute approximate surface area is 61.9 Å². The molecule has 2 aliphatic heterocycles. The van der Waals surface area contributed by atoms with Crippen LogP contribution >= 0.6 is 0 Å². The first kappa shape index (κ1) is 6.62. The molecule has 2 atom stereocenters. The number of piperidine rings is 1. The Balaban J connectivity index is 1.93. The van der Waals surface area contributed by atoms with Crippen molar-refractivity contribution in [1.82, 2.24) is 5.32 Å². The average Bonchev–Trinajstić information content (AvgIpc) is 2.05. The summed E-state index contributed by atoms with van der Waals surface area (Å²) >= 11 is 0. The summed E-state index contributed by atoms with van der Waals surface area (Å²) in [5, 5.41) is 3.50. The van der Waals surface area contributed by atoms with Crippen molar-refractivity contribution in [2.45, 2.75) is 37.8 Å². The molecule has 2 fully saturated rings. The second-order valence-corrected chi connectivity index (χ2v) is 3.25. The number of fused-ring (bicyclic) bond motifs is 1. The molecule has 2 rings (SSSR count). The smallest absolute Gasteiger partial charge is 0.0728 e. The van der Waals surface area contributed by atoms with Gasteiger partial charge in [-0.15, -0.1) is 0 Å². The molecule has 58 valence electrons. The van der Waals surface area contributed by atoms with E-state index in [1.54, 1.807) is 0 Å². The fourth-order valence-electron chi connectivity index (χ4n) is 1.95. The van der Waals surface area contributed by atoms with Crippen LogP contribution in [0.15, 0.2) is 0 Å². The molecule has 0 aromatic rings. The van der Waals surface area contributed by atoms with Gasteiger partial charge in [0.15, 0.2) is 0 Å². The Bertz CT molecular complexity index is 89.8. The molecule has 1 N–H and O–H groups in total. The van der Waals surface area contributed by atoms with E-state index >= 15 is 0 Å². The van der Waals surface area contributed by atoms with Crippen molar-refractivity contribution in [2.24, 2.45) is 0 Å². The zero-order valence-electron chi connectivity index (χ0n) is 6.31. The monoisotopic (exact) mass is 141 g/mol. The van der Waals surface area contributed by atoms with Gasteiger partial charge in [-0.1, -0.05) is 0 Å². The number of ether oxygens (including phenoxy) is 1. The number of hydrogen-bond donors (Lipinski definition) is 1. The van der Waals surface area contributed by atoms with E-state index in [4.69, 9.17) is 4.74 Å². The molecule has 0 aromatic carbocycles. The summed E-state index contributed by atoms with van der Waals surface area (Å²) in [6.45, 7) is 2.19. The van der Waals surface area contributed by atoms with E-state index in [-0.39, 0.29) is 0 Å². The maximum Gasteiger partial charge on any atom is 0.0728 e. The van der Waals surface area contributed by atoms with Gasteiger partial charge in [-0.3, -0.25) is 0 Å². The van der Waals surface area contributed by atoms with E-state index in [9.17, 15) is 0 Å². The fourth-order valence-corrected chi connectivity index (χ4v) is 1.95. The molecule has 2 nitrogen and oxygen atoms in total. The first-order valence-corrected chi connectivity index (χ1v) is 4.32. The molecule has 0 saturated carbocycles. The van der Waals surface area contributed by atoms with E-state index < -0.39 is 0 Å². The molecule has 0 aliphatic carbocycles. The molecule has 0 bridgehead atoms. The standard InChI is InChI=1S/C8H15NO/c1-4-8-7(9-5-1)3-2-6-10-8/h7-9H,1-6H2/t7-,8-/m1/s1. The summed E-state index contributed by atoms with van der Waals surface area (Å²) in [7, 11) is 0. The largest absolute Gasteiger partial charge is 0.377 e. The van der Waals surface area contributed by atoms with Gasteiger partial charge in [0, 0.05) is 12.6 Å². The third-order valence-corrected chi connectivity index (χ3v) is 2.51. The van der Waals surface area contributed by atoms with Crippen molar-refractivity contribution in [3.8, 4) is 0 Å². The third-order valence-electron chi connectivity index (χ3n) is 2.51. The van der Waals surface area contributed by atoms with E-state index in [1.165, 1.54) is 32.2 Å². The van der Waals surface area contributed by atoms with Crippen molar-refractivity contribution in [1.29, 1.82) is 0 Å². The lowest BCUT2D eigenvalue weighted by Gasteiger charge is -2.36. The first-order chi connectivity index (χ1) is 4.97. The molecule has 2 heterocycles. The van der Waals surface area contributed by atoms with Gasteiger partial charge in [-0.2, -0.15) is 0 Å². The van der Waals surface area contributed by atoms with E-state index in [2.05, 4.69) is 5.32 Å². The zero-order valence-corrected chi connectivity index (χ0v) is 6.31. The minimum atomic E-state index is 0.544. The molecule has 2 saturated heterocycles. The van der Waals surface area contributed by atoms with Gasteiger partial charge in [0.1, 0.15) is 0 Å². The predicted molar refractivity (Wildman–Crippen MR) is 40.0 cm³/mol. The van der Waals surface area contributed by atoms with E-state index in [0.717, 1.165) is 6.61 Å². The van der Waals surface area contributed by atoms with Crippen LogP contribution in [0.2, 0.25) is 0 Å². The molecule has 10 heavy (non-hydrogen) atoms. The Morgan fingerprint density at radius 1 is 1.20 bits per heavy atom. The maximum absolute atomic E-state index is 5.62. The SMILES string of the molecule is C1CO[C@@H]2CCCN[C@@H]2C1. The fraction of sp³-hybridized carbons (Fsp3) is 1.00. The minimum Gasteiger partial charge on any atom is -0.377 e. The molecular weight excluding hydrogens is 126 g/mol. The second-order valence-electron chi connectivity index (χ2n) is 3.25. The molecule has 0 amide bonds. The zero-order chi connectivity index (χ0) is 6.81. The van der Waals surface area contributed by atoms with Gasteiger partial charge >= 0.3 is 0 Å². The summed E-state index contributed by atoms with van der Waals surface area (Å²) in [5.74, 6) is 0. The minimum absolute atomic E-state index is 0.544. The van der Waals surface area contributed by atoms with Crippen molar-refractivity contribution in [3.63, 3.8) is 0 Å². The van der Waals surface area contributed by atoms with E-state index in [0.29, 0.717) is 12.1 Å². The predicted octanol–water partition coefficient (Wildman–Crippen LogP) is 0.917. The molecular formula is C8H15NO. The summed E-state index contributed by atoms with van der Waals surface area (Å²) in [5.41, 5.74) is 0. The summed E-state index contributed by atoms with van der Waals surface area (Å²) < 4.78 is 5.62. The average molecular weight is 141 g/mol.